The lowest BCUT2D eigenvalue weighted by atomic mass is 10.3. The van der Waals surface area contributed by atoms with E-state index in [1.54, 1.807) is 7.11 Å². The van der Waals surface area contributed by atoms with Gasteiger partial charge in [-0.05, 0) is 6.42 Å². The van der Waals surface area contributed by atoms with E-state index < -0.39 is 0 Å². The number of hydrogen-bond acceptors (Lipinski definition) is 4. The Balaban J connectivity index is 2.18. The molecule has 0 bridgehead atoms. The van der Waals surface area contributed by atoms with Crippen LogP contribution in [-0.4, -0.2) is 36.2 Å². The third-order valence-electron chi connectivity index (χ3n) is 1.76. The minimum atomic E-state index is -0.221. The summed E-state index contributed by atoms with van der Waals surface area (Å²) >= 11 is 3.43. The van der Waals surface area contributed by atoms with E-state index in [1.165, 1.54) is 12.3 Å². The van der Waals surface area contributed by atoms with Gasteiger partial charge in [0.05, 0.1) is 6.61 Å². The van der Waals surface area contributed by atoms with Gasteiger partial charge >= 0.3 is 0 Å². The molecule has 0 aliphatic rings. The SMILES string of the molecule is COCC(Br)CCNC(=O)c1ccon1. The smallest absolute Gasteiger partial charge is 0.273 e. The average molecular weight is 277 g/mol. The molecule has 0 spiro atoms. The Labute approximate surface area is 96.3 Å². The maximum Gasteiger partial charge on any atom is 0.273 e. The van der Waals surface area contributed by atoms with Gasteiger partial charge in [-0.1, -0.05) is 21.1 Å². The van der Waals surface area contributed by atoms with E-state index in [0.717, 1.165) is 6.42 Å². The van der Waals surface area contributed by atoms with Crippen LogP contribution in [0.1, 0.15) is 16.9 Å². The normalized spacial score (nSPS) is 12.4. The van der Waals surface area contributed by atoms with Crippen molar-refractivity contribution in [1.29, 1.82) is 0 Å². The first kappa shape index (κ1) is 12.2. The molecule has 15 heavy (non-hydrogen) atoms. The zero-order valence-electron chi connectivity index (χ0n) is 8.40. The standard InChI is InChI=1S/C9H13BrN2O3/c1-14-6-7(10)2-4-11-9(13)8-3-5-15-12-8/h3,5,7H,2,4,6H2,1H3,(H,11,13). The molecule has 1 unspecified atom stereocenters. The van der Waals surface area contributed by atoms with E-state index in [-0.39, 0.29) is 10.7 Å². The molecule has 6 heteroatoms. The fraction of sp³-hybridized carbons (Fsp3) is 0.556. The van der Waals surface area contributed by atoms with Crippen LogP contribution < -0.4 is 5.32 Å². The largest absolute Gasteiger partial charge is 0.384 e. The van der Waals surface area contributed by atoms with Gasteiger partial charge in [0.2, 0.25) is 0 Å². The zero-order chi connectivity index (χ0) is 11.1. The van der Waals surface area contributed by atoms with E-state index >= 15 is 0 Å². The number of methoxy groups -OCH3 is 1. The van der Waals surface area contributed by atoms with Gasteiger partial charge in [-0.15, -0.1) is 0 Å². The lowest BCUT2D eigenvalue weighted by molar-refractivity contribution is 0.0943. The van der Waals surface area contributed by atoms with Crippen molar-refractivity contribution in [3.05, 3.63) is 18.0 Å². The molecule has 0 fully saturated rings. The molecule has 0 aromatic carbocycles. The maximum absolute atomic E-state index is 11.4. The molecule has 1 aromatic rings. The Bertz CT molecular complexity index is 290. The van der Waals surface area contributed by atoms with Crippen LogP contribution >= 0.6 is 15.9 Å². The zero-order valence-corrected chi connectivity index (χ0v) is 9.99. The van der Waals surface area contributed by atoms with Crippen molar-refractivity contribution in [2.45, 2.75) is 11.2 Å². The first-order valence-corrected chi connectivity index (χ1v) is 5.47. The number of carbonyl (C=O) groups is 1. The second-order valence-electron chi connectivity index (χ2n) is 2.98. The second kappa shape index (κ2) is 6.58. The summed E-state index contributed by atoms with van der Waals surface area (Å²) in [5, 5.41) is 6.25. The van der Waals surface area contributed by atoms with Crippen molar-refractivity contribution >= 4 is 21.8 Å². The third kappa shape index (κ3) is 4.44. The Morgan fingerprint density at radius 2 is 2.60 bits per heavy atom. The molecule has 0 aliphatic carbocycles. The summed E-state index contributed by atoms with van der Waals surface area (Å²) in [5.41, 5.74) is 0.299. The summed E-state index contributed by atoms with van der Waals surface area (Å²) in [5.74, 6) is -0.221. The van der Waals surface area contributed by atoms with Crippen molar-refractivity contribution < 1.29 is 14.1 Å². The van der Waals surface area contributed by atoms with E-state index in [4.69, 9.17) is 4.74 Å². The number of ether oxygens (including phenoxy) is 1. The van der Waals surface area contributed by atoms with Crippen LogP contribution in [0, 0.1) is 0 Å². The molecule has 0 saturated carbocycles. The molecule has 0 aliphatic heterocycles. The molecule has 1 aromatic heterocycles. The van der Waals surface area contributed by atoms with Crippen LogP contribution in [0.15, 0.2) is 16.9 Å². The van der Waals surface area contributed by atoms with Crippen LogP contribution in [0.3, 0.4) is 0 Å². The number of carbonyl (C=O) groups excluding carboxylic acids is 1. The Morgan fingerprint density at radius 1 is 1.80 bits per heavy atom. The summed E-state index contributed by atoms with van der Waals surface area (Å²) in [6, 6.07) is 1.52. The predicted octanol–water partition coefficient (Wildman–Crippen LogP) is 1.20. The molecule has 1 atom stereocenters. The van der Waals surface area contributed by atoms with Crippen molar-refractivity contribution in [3.63, 3.8) is 0 Å². The molecular weight excluding hydrogens is 264 g/mol. The first-order valence-electron chi connectivity index (χ1n) is 4.55. The highest BCUT2D eigenvalue weighted by Crippen LogP contribution is 2.04. The fourth-order valence-corrected chi connectivity index (χ4v) is 1.52. The molecule has 1 N–H and O–H groups in total. The van der Waals surface area contributed by atoms with Crippen LogP contribution in [0.2, 0.25) is 0 Å². The second-order valence-corrected chi connectivity index (χ2v) is 4.28. The number of nitrogens with one attached hydrogen (secondary N) is 1. The highest BCUT2D eigenvalue weighted by molar-refractivity contribution is 9.09. The summed E-state index contributed by atoms with van der Waals surface area (Å²) in [4.78, 5) is 11.6. The summed E-state index contributed by atoms with van der Waals surface area (Å²) in [6.07, 6.45) is 2.17. The van der Waals surface area contributed by atoms with Gasteiger partial charge in [-0.25, -0.2) is 0 Å². The van der Waals surface area contributed by atoms with Crippen LogP contribution in [0.5, 0.6) is 0 Å². The number of rotatable bonds is 6. The van der Waals surface area contributed by atoms with E-state index in [1.807, 2.05) is 0 Å². The number of hydrogen-bond donors (Lipinski definition) is 1. The van der Waals surface area contributed by atoms with Gasteiger partial charge in [0.1, 0.15) is 6.26 Å². The number of alkyl halides is 1. The Morgan fingerprint density at radius 3 is 3.20 bits per heavy atom. The maximum atomic E-state index is 11.4. The molecule has 1 amide bonds. The average Bonchev–Trinajstić information content (AvgIpc) is 2.70. The van der Waals surface area contributed by atoms with Crippen molar-refractivity contribution in [2.75, 3.05) is 20.3 Å². The Hall–Kier alpha value is -0.880. The van der Waals surface area contributed by atoms with Crippen molar-refractivity contribution in [2.24, 2.45) is 0 Å². The van der Waals surface area contributed by atoms with Gasteiger partial charge in [0.15, 0.2) is 5.69 Å². The van der Waals surface area contributed by atoms with E-state index in [9.17, 15) is 4.79 Å². The topological polar surface area (TPSA) is 64.4 Å². The minimum Gasteiger partial charge on any atom is -0.384 e. The quantitative estimate of drug-likeness (QED) is 0.794. The van der Waals surface area contributed by atoms with Gasteiger partial charge in [0.25, 0.3) is 5.91 Å². The van der Waals surface area contributed by atoms with Crippen LogP contribution in [-0.2, 0) is 4.74 Å². The number of nitrogens with zero attached hydrogens (tertiary/aromatic N) is 1. The predicted molar refractivity (Wildman–Crippen MR) is 58.0 cm³/mol. The van der Waals surface area contributed by atoms with Crippen LogP contribution in [0.25, 0.3) is 0 Å². The highest BCUT2D eigenvalue weighted by atomic mass is 79.9. The molecule has 1 rings (SSSR count). The van der Waals surface area contributed by atoms with Crippen molar-refractivity contribution in [3.8, 4) is 0 Å². The minimum absolute atomic E-state index is 0.221. The lowest BCUT2D eigenvalue weighted by Crippen LogP contribution is -2.27. The van der Waals surface area contributed by atoms with E-state index in [0.29, 0.717) is 18.8 Å². The van der Waals surface area contributed by atoms with Crippen LogP contribution in [0.4, 0.5) is 0 Å². The molecule has 1 heterocycles. The third-order valence-corrected chi connectivity index (χ3v) is 2.48. The highest BCUT2D eigenvalue weighted by Gasteiger charge is 2.09. The molecule has 84 valence electrons. The van der Waals surface area contributed by atoms with Gasteiger partial charge in [0, 0.05) is 24.5 Å². The molecular formula is C9H13BrN2O3. The Kier molecular flexibility index (Phi) is 5.34. The summed E-state index contributed by atoms with van der Waals surface area (Å²) in [6.45, 7) is 1.20. The molecule has 0 radical (unpaired) electrons. The summed E-state index contributed by atoms with van der Waals surface area (Å²) < 4.78 is 9.51. The molecule has 5 nitrogen and oxygen atoms in total. The fourth-order valence-electron chi connectivity index (χ4n) is 1.03. The lowest BCUT2D eigenvalue weighted by Gasteiger charge is -2.08. The van der Waals surface area contributed by atoms with Gasteiger partial charge in [-0.2, -0.15) is 0 Å². The monoisotopic (exact) mass is 276 g/mol. The number of halogens is 1. The first-order chi connectivity index (χ1) is 7.24. The summed E-state index contributed by atoms with van der Waals surface area (Å²) in [7, 11) is 1.64. The number of amides is 1. The van der Waals surface area contributed by atoms with Crippen molar-refractivity contribution in [1.82, 2.24) is 10.5 Å². The molecule has 0 saturated heterocycles. The number of aromatic nitrogens is 1. The van der Waals surface area contributed by atoms with Gasteiger partial charge in [-0.3, -0.25) is 4.79 Å². The van der Waals surface area contributed by atoms with E-state index in [2.05, 4.69) is 30.9 Å². The van der Waals surface area contributed by atoms with Gasteiger partial charge < -0.3 is 14.6 Å².